The fraction of sp³-hybridized carbons (Fsp3) is 0.321. The second kappa shape index (κ2) is 9.99. The molecule has 2 N–H and O–H groups in total. The summed E-state index contributed by atoms with van der Waals surface area (Å²) in [5.74, 6) is 0.974. The topological polar surface area (TPSA) is 65.8 Å². The van der Waals surface area contributed by atoms with Crippen molar-refractivity contribution in [3.63, 3.8) is 0 Å². The van der Waals surface area contributed by atoms with Crippen LogP contribution in [0, 0.1) is 5.92 Å². The average molecular weight is 441 g/mol. The molecular weight excluding hydrogens is 408 g/mol. The summed E-state index contributed by atoms with van der Waals surface area (Å²) in [5.41, 5.74) is 5.66. The van der Waals surface area contributed by atoms with Crippen LogP contribution >= 0.6 is 0 Å². The van der Waals surface area contributed by atoms with E-state index in [9.17, 15) is 4.79 Å². The van der Waals surface area contributed by atoms with Gasteiger partial charge >= 0.3 is 0 Å². The third-order valence-electron chi connectivity index (χ3n) is 6.52. The van der Waals surface area contributed by atoms with E-state index in [1.807, 2.05) is 32.2 Å². The van der Waals surface area contributed by atoms with Crippen LogP contribution in [0.5, 0.6) is 0 Å². The number of fused-ring (bicyclic) bond motifs is 1. The minimum atomic E-state index is -0.0619. The number of hydrogen-bond acceptors (Lipinski definition) is 2. The maximum atomic E-state index is 12.2. The lowest BCUT2D eigenvalue weighted by atomic mass is 9.74. The van der Waals surface area contributed by atoms with Gasteiger partial charge in [0, 0.05) is 24.3 Å². The van der Waals surface area contributed by atoms with E-state index >= 15 is 0 Å². The smallest absolute Gasteiger partial charge is 0.222 e. The van der Waals surface area contributed by atoms with Crippen LogP contribution in [0.25, 0.3) is 5.70 Å². The molecule has 5 nitrogen and oxygen atoms in total. The van der Waals surface area contributed by atoms with Crippen molar-refractivity contribution in [3.8, 4) is 0 Å². The van der Waals surface area contributed by atoms with Crippen LogP contribution in [-0.2, 0) is 23.1 Å². The monoisotopic (exact) mass is 440 g/mol. The molecule has 0 saturated heterocycles. The summed E-state index contributed by atoms with van der Waals surface area (Å²) in [6.45, 7) is 8.68. The van der Waals surface area contributed by atoms with Crippen LogP contribution in [-0.4, -0.2) is 24.6 Å². The summed E-state index contributed by atoms with van der Waals surface area (Å²) in [6, 6.07) is 17.2. The van der Waals surface area contributed by atoms with E-state index in [0.29, 0.717) is 12.2 Å². The Bertz CT molecular complexity index is 1090. The number of amidine groups is 1. The number of rotatable bonds is 8. The van der Waals surface area contributed by atoms with Crippen LogP contribution in [0.15, 0.2) is 77.4 Å². The Kier molecular flexibility index (Phi) is 6.87. The highest BCUT2D eigenvalue weighted by molar-refractivity contribution is 5.92. The van der Waals surface area contributed by atoms with E-state index in [1.165, 1.54) is 16.7 Å². The van der Waals surface area contributed by atoms with Crippen molar-refractivity contribution in [3.05, 3.63) is 89.6 Å². The number of carbonyl (C=O) groups excluding carboxylic acids is 1. The SMILES string of the molecule is C=C(/N=C\N=C1/CC=CN1)c1cccc(C2(CCNC(=O)C(C)C)Cc3ccccc3C2)c1. The number of aliphatic imine (C=N–C) groups is 2. The number of hydrogen-bond donors (Lipinski definition) is 2. The number of carbonyl (C=O) groups is 1. The number of nitrogens with zero attached hydrogens (tertiary/aromatic N) is 2. The molecule has 0 aromatic heterocycles. The summed E-state index contributed by atoms with van der Waals surface area (Å²) in [5, 5.41) is 6.20. The highest BCUT2D eigenvalue weighted by atomic mass is 16.1. The molecule has 0 atom stereocenters. The second-order valence-corrected chi connectivity index (χ2v) is 9.20. The van der Waals surface area contributed by atoms with Gasteiger partial charge < -0.3 is 10.6 Å². The van der Waals surface area contributed by atoms with Crippen LogP contribution in [0.4, 0.5) is 0 Å². The van der Waals surface area contributed by atoms with Crippen molar-refractivity contribution >= 4 is 23.8 Å². The lowest BCUT2D eigenvalue weighted by Crippen LogP contribution is -2.35. The summed E-state index contributed by atoms with van der Waals surface area (Å²) < 4.78 is 0. The third-order valence-corrected chi connectivity index (χ3v) is 6.52. The van der Waals surface area contributed by atoms with Gasteiger partial charge in [0.15, 0.2) is 0 Å². The van der Waals surface area contributed by atoms with Crippen molar-refractivity contribution < 1.29 is 4.79 Å². The van der Waals surface area contributed by atoms with Crippen molar-refractivity contribution in [1.29, 1.82) is 0 Å². The minimum Gasteiger partial charge on any atom is -0.356 e. The van der Waals surface area contributed by atoms with Gasteiger partial charge in [0.25, 0.3) is 0 Å². The molecular formula is C28H32N4O. The fourth-order valence-electron chi connectivity index (χ4n) is 4.59. The predicted molar refractivity (Wildman–Crippen MR) is 136 cm³/mol. The molecule has 1 aliphatic carbocycles. The molecule has 0 fully saturated rings. The molecule has 4 rings (SSSR count). The lowest BCUT2D eigenvalue weighted by Gasteiger charge is -2.31. The van der Waals surface area contributed by atoms with Crippen LogP contribution in [0.2, 0.25) is 0 Å². The molecule has 2 aromatic carbocycles. The van der Waals surface area contributed by atoms with E-state index in [0.717, 1.165) is 37.1 Å². The van der Waals surface area contributed by atoms with Crippen molar-refractivity contribution in [2.75, 3.05) is 6.54 Å². The Labute approximate surface area is 196 Å². The molecule has 1 heterocycles. The average Bonchev–Trinajstić information content (AvgIpc) is 3.47. The van der Waals surface area contributed by atoms with Gasteiger partial charge in [-0.05, 0) is 53.8 Å². The van der Waals surface area contributed by atoms with Gasteiger partial charge in [0.05, 0.1) is 5.70 Å². The summed E-state index contributed by atoms with van der Waals surface area (Å²) in [4.78, 5) is 21.0. The molecule has 1 aliphatic heterocycles. The van der Waals surface area contributed by atoms with E-state index in [4.69, 9.17) is 0 Å². The molecule has 0 bridgehead atoms. The third kappa shape index (κ3) is 5.30. The maximum Gasteiger partial charge on any atom is 0.222 e. The maximum absolute atomic E-state index is 12.2. The molecule has 0 saturated carbocycles. The summed E-state index contributed by atoms with van der Waals surface area (Å²) in [6.07, 6.45) is 9.07. The molecule has 170 valence electrons. The van der Waals surface area contributed by atoms with Gasteiger partial charge in [-0.25, -0.2) is 9.98 Å². The zero-order valence-corrected chi connectivity index (χ0v) is 19.5. The van der Waals surface area contributed by atoms with Crippen LogP contribution in [0.3, 0.4) is 0 Å². The number of benzene rings is 2. The molecule has 0 radical (unpaired) electrons. The minimum absolute atomic E-state index is 0.00923. The van der Waals surface area contributed by atoms with Crippen LogP contribution in [0.1, 0.15) is 48.9 Å². The lowest BCUT2D eigenvalue weighted by molar-refractivity contribution is -0.124. The van der Waals surface area contributed by atoms with E-state index in [2.05, 4.69) is 69.7 Å². The van der Waals surface area contributed by atoms with Crippen molar-refractivity contribution in [1.82, 2.24) is 10.6 Å². The molecule has 1 amide bonds. The van der Waals surface area contributed by atoms with Crippen LogP contribution < -0.4 is 10.6 Å². The first kappa shape index (κ1) is 22.7. The Morgan fingerprint density at radius 1 is 1.18 bits per heavy atom. The molecule has 0 spiro atoms. The first-order valence-corrected chi connectivity index (χ1v) is 11.6. The van der Waals surface area contributed by atoms with Crippen molar-refractivity contribution in [2.45, 2.75) is 44.9 Å². The Balaban J connectivity index is 1.56. The summed E-state index contributed by atoms with van der Waals surface area (Å²) >= 11 is 0. The van der Waals surface area contributed by atoms with Gasteiger partial charge in [-0.2, -0.15) is 0 Å². The van der Waals surface area contributed by atoms with E-state index < -0.39 is 0 Å². The Morgan fingerprint density at radius 3 is 2.61 bits per heavy atom. The Morgan fingerprint density at radius 2 is 1.94 bits per heavy atom. The zero-order chi connectivity index (χ0) is 23.3. The largest absolute Gasteiger partial charge is 0.356 e. The van der Waals surface area contributed by atoms with Gasteiger partial charge in [-0.3, -0.25) is 4.79 Å². The molecule has 0 unspecified atom stereocenters. The van der Waals surface area contributed by atoms with Crippen molar-refractivity contribution in [2.24, 2.45) is 15.9 Å². The molecule has 33 heavy (non-hydrogen) atoms. The zero-order valence-electron chi connectivity index (χ0n) is 19.5. The van der Waals surface area contributed by atoms with Gasteiger partial charge in [0.2, 0.25) is 5.91 Å². The highest BCUT2D eigenvalue weighted by Gasteiger charge is 2.38. The van der Waals surface area contributed by atoms with Gasteiger partial charge in [0.1, 0.15) is 12.2 Å². The predicted octanol–water partition coefficient (Wildman–Crippen LogP) is 4.79. The molecule has 5 heteroatoms. The second-order valence-electron chi connectivity index (χ2n) is 9.20. The number of amides is 1. The van der Waals surface area contributed by atoms with Gasteiger partial charge in [-0.15, -0.1) is 0 Å². The quantitative estimate of drug-likeness (QED) is 0.458. The highest BCUT2D eigenvalue weighted by Crippen LogP contribution is 2.42. The normalized spacial score (nSPS) is 17.5. The fourth-order valence-corrected chi connectivity index (χ4v) is 4.59. The first-order valence-electron chi connectivity index (χ1n) is 11.6. The first-order chi connectivity index (χ1) is 16.0. The molecule has 2 aliphatic rings. The van der Waals surface area contributed by atoms with Gasteiger partial charge in [-0.1, -0.05) is 69.0 Å². The van der Waals surface area contributed by atoms with E-state index in [1.54, 1.807) is 6.34 Å². The molecule has 2 aromatic rings. The van der Waals surface area contributed by atoms with E-state index in [-0.39, 0.29) is 17.2 Å². The Hall–Kier alpha value is -3.47. The summed E-state index contributed by atoms with van der Waals surface area (Å²) in [7, 11) is 0. The number of nitrogens with one attached hydrogen (secondary N) is 2. The standard InChI is InChI=1S/C28H32N4O/c1-20(2)27(33)30-15-13-28(17-23-8-4-5-9-24(23)18-28)25-11-6-10-22(16-25)21(3)31-19-32-26-12-7-14-29-26/h4-11,14,16,19-20H,3,12-13,15,17-18H2,1-2H3,(H,30,33)(H,29,31,32).